The molecule has 10 heteroatoms. The molecule has 37 heavy (non-hydrogen) atoms. The predicted molar refractivity (Wildman–Crippen MR) is 141 cm³/mol. The molecule has 0 radical (unpaired) electrons. The lowest BCUT2D eigenvalue weighted by molar-refractivity contribution is -0.136. The van der Waals surface area contributed by atoms with Crippen LogP contribution in [-0.4, -0.2) is 68.5 Å². The van der Waals surface area contributed by atoms with E-state index in [2.05, 4.69) is 0 Å². The van der Waals surface area contributed by atoms with Crippen LogP contribution < -0.4 is 14.4 Å². The minimum Gasteiger partial charge on any atom is -0.493 e. The predicted octanol–water partition coefficient (Wildman–Crippen LogP) is 3.30. The highest BCUT2D eigenvalue weighted by molar-refractivity contribution is 7.88. The van der Waals surface area contributed by atoms with Gasteiger partial charge in [-0.1, -0.05) is 12.1 Å². The summed E-state index contributed by atoms with van der Waals surface area (Å²) in [5, 5.41) is 0. The molecule has 0 bridgehead atoms. The number of methoxy groups -OCH3 is 1. The van der Waals surface area contributed by atoms with E-state index in [1.807, 2.05) is 64.1 Å². The number of sulfonamides is 1. The van der Waals surface area contributed by atoms with Crippen molar-refractivity contribution < 1.29 is 27.5 Å². The average Bonchev–Trinajstić information content (AvgIpc) is 2.83. The number of ether oxygens (including phenoxy) is 2. The normalized spacial score (nSPS) is 19.7. The molecule has 1 saturated heterocycles. The Labute approximate surface area is 219 Å². The minimum absolute atomic E-state index is 0.00699. The van der Waals surface area contributed by atoms with Gasteiger partial charge in [-0.25, -0.2) is 8.42 Å². The van der Waals surface area contributed by atoms with Gasteiger partial charge >= 0.3 is 0 Å². The largest absolute Gasteiger partial charge is 0.493 e. The molecule has 2 amide bonds. The number of benzene rings is 2. The van der Waals surface area contributed by atoms with Crippen LogP contribution in [0.3, 0.4) is 0 Å². The molecular weight excluding hydrogens is 494 g/mol. The summed E-state index contributed by atoms with van der Waals surface area (Å²) in [7, 11) is -1.81. The first-order chi connectivity index (χ1) is 17.4. The second-order valence-corrected chi connectivity index (χ2v) is 11.9. The average molecular weight is 530 g/mol. The van der Waals surface area contributed by atoms with Crippen LogP contribution >= 0.6 is 0 Å². The number of nitrogens with zero attached hydrogens (tertiary/aromatic N) is 3. The highest BCUT2D eigenvalue weighted by Gasteiger charge is 2.34. The Balaban J connectivity index is 1.55. The van der Waals surface area contributed by atoms with Crippen molar-refractivity contribution in [2.45, 2.75) is 52.3 Å². The van der Waals surface area contributed by atoms with Gasteiger partial charge in [0.05, 0.1) is 44.5 Å². The number of rotatable bonds is 7. The molecule has 2 aromatic carbocycles. The summed E-state index contributed by atoms with van der Waals surface area (Å²) in [6.45, 7) is 8.31. The van der Waals surface area contributed by atoms with E-state index in [1.54, 1.807) is 16.9 Å². The van der Waals surface area contributed by atoms with Gasteiger partial charge in [0, 0.05) is 18.8 Å². The van der Waals surface area contributed by atoms with Crippen molar-refractivity contribution in [3.8, 4) is 11.5 Å². The summed E-state index contributed by atoms with van der Waals surface area (Å²) in [6.07, 6.45) is 1.36. The molecule has 0 unspecified atom stereocenters. The first-order valence-corrected chi connectivity index (χ1v) is 14.3. The van der Waals surface area contributed by atoms with Crippen LogP contribution in [0.15, 0.2) is 36.4 Å². The highest BCUT2D eigenvalue weighted by atomic mass is 32.2. The fourth-order valence-electron chi connectivity index (χ4n) is 5.09. The van der Waals surface area contributed by atoms with Crippen molar-refractivity contribution in [3.05, 3.63) is 53.1 Å². The van der Waals surface area contributed by atoms with E-state index in [-0.39, 0.29) is 49.5 Å². The molecule has 0 N–H and O–H groups in total. The number of hydrogen-bond donors (Lipinski definition) is 0. The summed E-state index contributed by atoms with van der Waals surface area (Å²) in [5.41, 5.74) is 3.63. The third kappa shape index (κ3) is 5.45. The molecule has 2 atom stereocenters. The number of anilines is 1. The molecule has 2 heterocycles. The number of carbonyl (C=O) groups excluding carboxylic acids is 2. The molecule has 0 saturated carbocycles. The van der Waals surface area contributed by atoms with Crippen molar-refractivity contribution in [1.29, 1.82) is 0 Å². The van der Waals surface area contributed by atoms with Gasteiger partial charge < -0.3 is 19.3 Å². The Morgan fingerprint density at radius 2 is 1.65 bits per heavy atom. The van der Waals surface area contributed by atoms with Crippen LogP contribution in [0.5, 0.6) is 11.5 Å². The van der Waals surface area contributed by atoms with Crippen molar-refractivity contribution in [2.75, 3.05) is 37.9 Å². The van der Waals surface area contributed by atoms with Gasteiger partial charge in [0.1, 0.15) is 0 Å². The van der Waals surface area contributed by atoms with Crippen LogP contribution in [0.2, 0.25) is 0 Å². The SMILES string of the molecule is COc1cc2c(cc1OC(C)C)[C@H](C)N(c1ccc([C@H](C)N3CCN(S(C)(=O)=O)CC3=O)cc1)C(=O)C2. The number of fused-ring (bicyclic) bond motifs is 1. The van der Waals surface area contributed by atoms with Crippen LogP contribution in [0, 0.1) is 0 Å². The van der Waals surface area contributed by atoms with Gasteiger partial charge in [-0.3, -0.25) is 9.59 Å². The standard InChI is InChI=1S/C27H35N3O6S/c1-17(2)36-25-15-23-19(4)30(26(31)14-21(23)13-24(25)35-5)22-9-7-20(8-10-22)18(3)29-12-11-28(16-27(29)32)37(6,33)34/h7-10,13,15,17-19H,11-12,14,16H2,1-6H3/t18-,19-/m0/s1. The van der Waals surface area contributed by atoms with Crippen LogP contribution in [0.25, 0.3) is 0 Å². The Bertz CT molecular complexity index is 1290. The van der Waals surface area contributed by atoms with E-state index in [1.165, 1.54) is 4.31 Å². The lowest BCUT2D eigenvalue weighted by Gasteiger charge is -2.37. The molecule has 2 aromatic rings. The molecule has 0 spiro atoms. The maximum atomic E-state index is 13.2. The summed E-state index contributed by atoms with van der Waals surface area (Å²) in [6, 6.07) is 11.1. The van der Waals surface area contributed by atoms with E-state index >= 15 is 0 Å². The summed E-state index contributed by atoms with van der Waals surface area (Å²) in [5.74, 6) is 1.04. The third-order valence-electron chi connectivity index (χ3n) is 7.05. The second-order valence-electron chi connectivity index (χ2n) is 9.94. The quantitative estimate of drug-likeness (QED) is 0.546. The topological polar surface area (TPSA) is 96.5 Å². The maximum absolute atomic E-state index is 13.2. The van der Waals surface area contributed by atoms with E-state index in [0.29, 0.717) is 18.0 Å². The van der Waals surface area contributed by atoms with E-state index in [0.717, 1.165) is 28.6 Å². The van der Waals surface area contributed by atoms with Gasteiger partial charge in [-0.2, -0.15) is 4.31 Å². The van der Waals surface area contributed by atoms with Gasteiger partial charge in [0.25, 0.3) is 0 Å². The fraction of sp³-hybridized carbons (Fsp3) is 0.481. The molecule has 1 fully saturated rings. The van der Waals surface area contributed by atoms with E-state index in [4.69, 9.17) is 9.47 Å². The van der Waals surface area contributed by atoms with Crippen molar-refractivity contribution in [3.63, 3.8) is 0 Å². The molecule has 4 rings (SSSR count). The maximum Gasteiger partial charge on any atom is 0.238 e. The highest BCUT2D eigenvalue weighted by Crippen LogP contribution is 2.40. The summed E-state index contributed by atoms with van der Waals surface area (Å²) < 4.78 is 36.3. The minimum atomic E-state index is -3.40. The first kappa shape index (κ1) is 26.9. The monoisotopic (exact) mass is 529 g/mol. The number of piperazine rings is 1. The molecule has 0 aromatic heterocycles. The Hall–Kier alpha value is -3.11. The number of amides is 2. The van der Waals surface area contributed by atoms with Crippen molar-refractivity contribution >= 4 is 27.5 Å². The molecule has 2 aliphatic heterocycles. The summed E-state index contributed by atoms with van der Waals surface area (Å²) >= 11 is 0. The van der Waals surface area contributed by atoms with E-state index < -0.39 is 10.0 Å². The number of carbonyl (C=O) groups is 2. The zero-order chi connectivity index (χ0) is 27.1. The van der Waals surface area contributed by atoms with Crippen LogP contribution in [0.1, 0.15) is 56.5 Å². The number of hydrogen-bond acceptors (Lipinski definition) is 6. The summed E-state index contributed by atoms with van der Waals surface area (Å²) in [4.78, 5) is 29.4. The first-order valence-electron chi connectivity index (χ1n) is 12.4. The Kier molecular flexibility index (Phi) is 7.52. The Morgan fingerprint density at radius 3 is 2.22 bits per heavy atom. The molecule has 0 aliphatic carbocycles. The fourth-order valence-corrected chi connectivity index (χ4v) is 5.85. The second kappa shape index (κ2) is 10.3. The van der Waals surface area contributed by atoms with Crippen LogP contribution in [0.4, 0.5) is 5.69 Å². The smallest absolute Gasteiger partial charge is 0.238 e. The lowest BCUT2D eigenvalue weighted by Crippen LogP contribution is -2.52. The molecular formula is C27H35N3O6S. The van der Waals surface area contributed by atoms with Crippen molar-refractivity contribution in [1.82, 2.24) is 9.21 Å². The lowest BCUT2D eigenvalue weighted by atomic mass is 9.91. The van der Waals surface area contributed by atoms with Crippen molar-refractivity contribution in [2.24, 2.45) is 0 Å². The molecule has 2 aliphatic rings. The van der Waals surface area contributed by atoms with Gasteiger partial charge in [-0.15, -0.1) is 0 Å². The van der Waals surface area contributed by atoms with Crippen LogP contribution in [-0.2, 0) is 26.0 Å². The zero-order valence-electron chi connectivity index (χ0n) is 22.2. The molecule has 200 valence electrons. The van der Waals surface area contributed by atoms with Gasteiger partial charge in [0.2, 0.25) is 21.8 Å². The molecule has 9 nitrogen and oxygen atoms in total. The Morgan fingerprint density at radius 1 is 0.973 bits per heavy atom. The van der Waals surface area contributed by atoms with E-state index in [9.17, 15) is 18.0 Å². The zero-order valence-corrected chi connectivity index (χ0v) is 23.0. The van der Waals surface area contributed by atoms with Gasteiger partial charge in [0.15, 0.2) is 11.5 Å². The van der Waals surface area contributed by atoms with Gasteiger partial charge in [-0.05, 0) is 68.7 Å². The third-order valence-corrected chi connectivity index (χ3v) is 8.30.